The van der Waals surface area contributed by atoms with E-state index in [2.05, 4.69) is 127 Å². The summed E-state index contributed by atoms with van der Waals surface area (Å²) in [5.41, 5.74) is 11.2. The summed E-state index contributed by atoms with van der Waals surface area (Å²) in [6, 6.07) is 64.5. The van der Waals surface area contributed by atoms with Gasteiger partial charge in [-0.25, -0.2) is 24.9 Å². The minimum Gasteiger partial charge on any atom is -0.226 e. The van der Waals surface area contributed by atoms with E-state index in [4.69, 9.17) is 24.9 Å². The molecule has 258 valence electrons. The molecule has 0 unspecified atom stereocenters. The summed E-state index contributed by atoms with van der Waals surface area (Å²) in [7, 11) is 0. The highest BCUT2D eigenvalue weighted by Gasteiger charge is 2.19. The zero-order valence-electron chi connectivity index (χ0n) is 29.5. The molecule has 0 N–H and O–H groups in total. The normalized spacial score (nSPS) is 11.3. The lowest BCUT2D eigenvalue weighted by molar-refractivity contribution is 1.07. The molecular weight excluding hydrogens is 691 g/mol. The summed E-state index contributed by atoms with van der Waals surface area (Å²) in [4.78, 5) is 25.4. The van der Waals surface area contributed by atoms with Crippen molar-refractivity contribution in [2.45, 2.75) is 0 Å². The van der Waals surface area contributed by atoms with Crippen molar-refractivity contribution in [2.24, 2.45) is 0 Å². The average Bonchev–Trinajstić information content (AvgIpc) is 3.66. The van der Waals surface area contributed by atoms with Crippen molar-refractivity contribution >= 4 is 31.6 Å². The molecule has 0 atom stereocenters. The van der Waals surface area contributed by atoms with Crippen molar-refractivity contribution in [1.29, 1.82) is 0 Å². The van der Waals surface area contributed by atoms with Crippen LogP contribution in [0.15, 0.2) is 188 Å². The molecule has 10 rings (SSSR count). The first-order valence-electron chi connectivity index (χ1n) is 18.2. The van der Waals surface area contributed by atoms with Crippen LogP contribution in [0.5, 0.6) is 0 Å². The molecule has 55 heavy (non-hydrogen) atoms. The zero-order chi connectivity index (χ0) is 36.6. The summed E-state index contributed by atoms with van der Waals surface area (Å²) in [6.45, 7) is 0. The SMILES string of the molecule is c1ccc(-c2ccc(-c3nc(-c4ccccc4)nc(-c4cccc(-c5cccc6c5sc5c(-c7ccccc7)nc(-c7ccccc7)nc56)c4)n3)cc2)cc1. The molecule has 6 heteroatoms. The van der Waals surface area contributed by atoms with Crippen LogP contribution in [-0.4, -0.2) is 24.9 Å². The summed E-state index contributed by atoms with van der Waals surface area (Å²) >= 11 is 1.74. The van der Waals surface area contributed by atoms with E-state index < -0.39 is 0 Å². The predicted molar refractivity (Wildman–Crippen MR) is 226 cm³/mol. The molecule has 0 fully saturated rings. The van der Waals surface area contributed by atoms with Gasteiger partial charge in [0.15, 0.2) is 23.3 Å². The van der Waals surface area contributed by atoms with Crippen molar-refractivity contribution in [3.63, 3.8) is 0 Å². The Balaban J connectivity index is 1.11. The Bertz CT molecular complexity index is 2950. The van der Waals surface area contributed by atoms with E-state index in [9.17, 15) is 0 Å². The molecule has 7 aromatic carbocycles. The largest absolute Gasteiger partial charge is 0.226 e. The van der Waals surface area contributed by atoms with Crippen molar-refractivity contribution in [2.75, 3.05) is 0 Å². The van der Waals surface area contributed by atoms with Crippen LogP contribution in [0, 0.1) is 0 Å². The molecule has 0 aliphatic rings. The van der Waals surface area contributed by atoms with Crippen molar-refractivity contribution in [1.82, 2.24) is 24.9 Å². The fourth-order valence-electron chi connectivity index (χ4n) is 7.02. The molecule has 0 bridgehead atoms. The van der Waals surface area contributed by atoms with Crippen molar-refractivity contribution in [3.05, 3.63) is 188 Å². The Hall–Kier alpha value is -7.15. The first kappa shape index (κ1) is 32.5. The monoisotopic (exact) mass is 721 g/mol. The molecule has 0 saturated carbocycles. The minimum atomic E-state index is 0.617. The number of fused-ring (bicyclic) bond motifs is 3. The number of benzene rings is 7. The van der Waals surface area contributed by atoms with E-state index in [0.717, 1.165) is 70.5 Å². The van der Waals surface area contributed by atoms with Gasteiger partial charge in [-0.1, -0.05) is 182 Å². The van der Waals surface area contributed by atoms with Crippen LogP contribution in [0.3, 0.4) is 0 Å². The molecule has 0 radical (unpaired) electrons. The zero-order valence-corrected chi connectivity index (χ0v) is 30.4. The lowest BCUT2D eigenvalue weighted by Crippen LogP contribution is -2.00. The maximum absolute atomic E-state index is 5.19. The summed E-state index contributed by atoms with van der Waals surface area (Å²) in [6.07, 6.45) is 0. The third-order valence-electron chi connectivity index (χ3n) is 9.77. The molecule has 0 amide bonds. The van der Waals surface area contributed by atoms with Crippen molar-refractivity contribution in [3.8, 4) is 79.1 Å². The van der Waals surface area contributed by atoms with Crippen LogP contribution < -0.4 is 0 Å². The Morgan fingerprint density at radius 2 is 0.727 bits per heavy atom. The van der Waals surface area contributed by atoms with Crippen molar-refractivity contribution < 1.29 is 0 Å². The lowest BCUT2D eigenvalue weighted by Gasteiger charge is -2.10. The third kappa shape index (κ3) is 6.24. The van der Waals surface area contributed by atoms with Gasteiger partial charge in [-0.05, 0) is 28.3 Å². The van der Waals surface area contributed by atoms with E-state index in [1.165, 1.54) is 5.56 Å². The first-order chi connectivity index (χ1) is 27.2. The molecule has 10 aromatic rings. The summed E-state index contributed by atoms with van der Waals surface area (Å²) in [5.74, 6) is 2.59. The second kappa shape index (κ2) is 14.0. The molecule has 0 spiro atoms. The Morgan fingerprint density at radius 3 is 1.35 bits per heavy atom. The number of thiophene rings is 1. The van der Waals surface area contributed by atoms with E-state index in [0.29, 0.717) is 23.3 Å². The van der Waals surface area contributed by atoms with E-state index in [-0.39, 0.29) is 0 Å². The van der Waals surface area contributed by atoms with E-state index in [1.54, 1.807) is 11.3 Å². The van der Waals surface area contributed by atoms with Crippen LogP contribution >= 0.6 is 11.3 Å². The van der Waals surface area contributed by atoms with Crippen LogP contribution in [0.25, 0.3) is 99.4 Å². The Labute approximate surface area is 322 Å². The topological polar surface area (TPSA) is 64.5 Å². The molecule has 0 aliphatic heterocycles. The molecular formula is C49H31N5S. The number of nitrogens with zero attached hydrogens (tertiary/aromatic N) is 5. The molecule has 3 aromatic heterocycles. The summed E-state index contributed by atoms with van der Waals surface area (Å²) in [5, 5.41) is 1.10. The average molecular weight is 722 g/mol. The Kier molecular flexibility index (Phi) is 8.28. The fraction of sp³-hybridized carbons (Fsp3) is 0. The second-order valence-corrected chi connectivity index (χ2v) is 14.3. The van der Waals surface area contributed by atoms with Crippen LogP contribution in [0.4, 0.5) is 0 Å². The van der Waals surface area contributed by atoms with Gasteiger partial charge in [0.25, 0.3) is 0 Å². The molecule has 0 saturated heterocycles. The molecule has 0 aliphatic carbocycles. The van der Waals surface area contributed by atoms with Gasteiger partial charge in [0, 0.05) is 37.9 Å². The number of aromatic nitrogens is 5. The quantitative estimate of drug-likeness (QED) is 0.164. The third-order valence-corrected chi connectivity index (χ3v) is 11.0. The highest BCUT2D eigenvalue weighted by Crippen LogP contribution is 2.43. The molecule has 5 nitrogen and oxygen atoms in total. The maximum Gasteiger partial charge on any atom is 0.164 e. The van der Waals surface area contributed by atoms with Crippen LogP contribution in [0.1, 0.15) is 0 Å². The minimum absolute atomic E-state index is 0.617. The smallest absolute Gasteiger partial charge is 0.164 e. The van der Waals surface area contributed by atoms with Gasteiger partial charge in [-0.15, -0.1) is 11.3 Å². The highest BCUT2D eigenvalue weighted by atomic mass is 32.1. The maximum atomic E-state index is 5.19. The van der Waals surface area contributed by atoms with Gasteiger partial charge >= 0.3 is 0 Å². The number of rotatable bonds is 7. The number of hydrogen-bond donors (Lipinski definition) is 0. The van der Waals surface area contributed by atoms with Crippen LogP contribution in [0.2, 0.25) is 0 Å². The van der Waals surface area contributed by atoms with Gasteiger partial charge in [0.2, 0.25) is 0 Å². The van der Waals surface area contributed by atoms with Gasteiger partial charge in [-0.3, -0.25) is 0 Å². The van der Waals surface area contributed by atoms with Gasteiger partial charge in [0.1, 0.15) is 0 Å². The lowest BCUT2D eigenvalue weighted by atomic mass is 10.0. The van der Waals surface area contributed by atoms with Crippen LogP contribution in [-0.2, 0) is 0 Å². The standard InChI is InChI=1S/C49H31N5S/c1-5-15-32(16-6-1)33-27-29-37(30-28-33)48-52-47(36-21-11-4-12-22-36)53-49(54-48)39-24-13-23-38(31-39)40-25-14-26-41-43-45(55-44(40)41)42(34-17-7-2-8-18-34)50-46(51-43)35-19-9-3-10-20-35/h1-31H. The van der Waals surface area contributed by atoms with Gasteiger partial charge < -0.3 is 0 Å². The van der Waals surface area contributed by atoms with E-state index in [1.807, 2.05) is 60.7 Å². The second-order valence-electron chi connectivity index (χ2n) is 13.3. The first-order valence-corrected chi connectivity index (χ1v) is 19.0. The predicted octanol–water partition coefficient (Wildman–Crippen LogP) is 12.7. The fourth-order valence-corrected chi connectivity index (χ4v) is 8.31. The summed E-state index contributed by atoms with van der Waals surface area (Å²) < 4.78 is 2.23. The number of hydrogen-bond acceptors (Lipinski definition) is 6. The van der Waals surface area contributed by atoms with Gasteiger partial charge in [-0.2, -0.15) is 0 Å². The van der Waals surface area contributed by atoms with Gasteiger partial charge in [0.05, 0.1) is 15.9 Å². The highest BCUT2D eigenvalue weighted by molar-refractivity contribution is 7.26. The molecule has 3 heterocycles. The Morgan fingerprint density at radius 1 is 0.291 bits per heavy atom. The van der Waals surface area contributed by atoms with E-state index >= 15 is 0 Å².